The van der Waals surface area contributed by atoms with E-state index in [0.717, 1.165) is 38.5 Å². The Kier molecular flexibility index (Phi) is 7.95. The van der Waals surface area contributed by atoms with Gasteiger partial charge in [-0.25, -0.2) is 0 Å². The summed E-state index contributed by atoms with van der Waals surface area (Å²) in [6, 6.07) is 12.8. The highest BCUT2D eigenvalue weighted by molar-refractivity contribution is 7.09. The molecule has 1 aliphatic heterocycles. The van der Waals surface area contributed by atoms with Gasteiger partial charge in [-0.2, -0.15) is 0 Å². The molecule has 1 fully saturated rings. The summed E-state index contributed by atoms with van der Waals surface area (Å²) in [5.41, 5.74) is 1.31. The third kappa shape index (κ3) is 5.86. The number of rotatable bonds is 9. The van der Waals surface area contributed by atoms with Crippen LogP contribution in [0.1, 0.15) is 44.1 Å². The van der Waals surface area contributed by atoms with Crippen LogP contribution < -0.4 is 4.74 Å². The summed E-state index contributed by atoms with van der Waals surface area (Å²) >= 11 is 1.82. The van der Waals surface area contributed by atoms with Crippen LogP contribution in [0.25, 0.3) is 0 Å². The minimum atomic E-state index is 0.0302. The van der Waals surface area contributed by atoms with Crippen LogP contribution in [0, 0.1) is 17.8 Å². The van der Waals surface area contributed by atoms with Crippen molar-refractivity contribution in [2.24, 2.45) is 17.8 Å². The van der Waals surface area contributed by atoms with E-state index >= 15 is 0 Å². The van der Waals surface area contributed by atoms with Gasteiger partial charge in [-0.15, -0.1) is 11.3 Å². The van der Waals surface area contributed by atoms with E-state index in [9.17, 15) is 4.79 Å². The van der Waals surface area contributed by atoms with Gasteiger partial charge in [-0.05, 0) is 41.0 Å². The Balaban J connectivity index is 1.83. The molecule has 0 saturated carbocycles. The Hall–Kier alpha value is -1.85. The maximum atomic E-state index is 12.9. The zero-order valence-electron chi connectivity index (χ0n) is 19.0. The van der Waals surface area contributed by atoms with Crippen molar-refractivity contribution in [1.82, 2.24) is 9.80 Å². The number of hydrogen-bond donors (Lipinski definition) is 0. The number of carbonyl (C=O) groups excluding carboxylic acids is 1. The first-order valence-electron chi connectivity index (χ1n) is 11.0. The van der Waals surface area contributed by atoms with Crippen molar-refractivity contribution < 1.29 is 9.53 Å². The standard InChI is InChI=1S/C25H36N2O2S/c1-18(2)13-27(25(28)19(3)4)15-21-14-26(16-23-10-7-11-30-23)17-24(21)20-8-6-9-22(12-20)29-5/h6-12,18-19,21,24H,13-17H2,1-5H3/t21-,24+/m0/s1. The van der Waals surface area contributed by atoms with Gasteiger partial charge < -0.3 is 9.64 Å². The van der Waals surface area contributed by atoms with Gasteiger partial charge >= 0.3 is 0 Å². The second-order valence-electron chi connectivity index (χ2n) is 9.21. The highest BCUT2D eigenvalue weighted by atomic mass is 32.1. The maximum absolute atomic E-state index is 12.9. The van der Waals surface area contributed by atoms with E-state index in [1.807, 2.05) is 31.3 Å². The maximum Gasteiger partial charge on any atom is 0.225 e. The number of amides is 1. The fourth-order valence-electron chi connectivity index (χ4n) is 4.49. The van der Waals surface area contributed by atoms with Crippen LogP contribution in [0.5, 0.6) is 5.75 Å². The molecule has 0 spiro atoms. The smallest absolute Gasteiger partial charge is 0.225 e. The average molecular weight is 429 g/mol. The molecule has 1 aromatic carbocycles. The van der Waals surface area contributed by atoms with E-state index in [1.54, 1.807) is 7.11 Å². The van der Waals surface area contributed by atoms with Crippen molar-refractivity contribution in [3.05, 3.63) is 52.2 Å². The van der Waals surface area contributed by atoms with Gasteiger partial charge in [-0.1, -0.05) is 45.9 Å². The highest BCUT2D eigenvalue weighted by Gasteiger charge is 2.36. The largest absolute Gasteiger partial charge is 0.497 e. The van der Waals surface area contributed by atoms with Gasteiger partial charge in [0.1, 0.15) is 5.75 Å². The summed E-state index contributed by atoms with van der Waals surface area (Å²) < 4.78 is 5.49. The second-order valence-corrected chi connectivity index (χ2v) is 10.2. The molecule has 1 aromatic heterocycles. The molecule has 1 saturated heterocycles. The van der Waals surface area contributed by atoms with Crippen LogP contribution in [0.4, 0.5) is 0 Å². The summed E-state index contributed by atoms with van der Waals surface area (Å²) in [7, 11) is 1.72. The number of nitrogens with zero attached hydrogens (tertiary/aromatic N) is 2. The lowest BCUT2D eigenvalue weighted by Crippen LogP contribution is -2.41. The fraction of sp³-hybridized carbons (Fsp3) is 0.560. The predicted octanol–water partition coefficient (Wildman–Crippen LogP) is 5.11. The molecular weight excluding hydrogens is 392 g/mol. The fourth-order valence-corrected chi connectivity index (χ4v) is 5.24. The Morgan fingerprint density at radius 2 is 2.00 bits per heavy atom. The molecule has 1 amide bonds. The predicted molar refractivity (Wildman–Crippen MR) is 125 cm³/mol. The first kappa shape index (κ1) is 22.8. The zero-order valence-corrected chi connectivity index (χ0v) is 19.8. The quantitative estimate of drug-likeness (QED) is 0.556. The molecule has 2 atom stereocenters. The first-order chi connectivity index (χ1) is 14.4. The van der Waals surface area contributed by atoms with E-state index in [4.69, 9.17) is 4.74 Å². The van der Waals surface area contributed by atoms with E-state index in [-0.39, 0.29) is 11.8 Å². The first-order valence-corrected chi connectivity index (χ1v) is 11.9. The summed E-state index contributed by atoms with van der Waals surface area (Å²) in [6.45, 7) is 13.1. The van der Waals surface area contributed by atoms with E-state index in [0.29, 0.717) is 17.8 Å². The van der Waals surface area contributed by atoms with Crippen LogP contribution in [0.15, 0.2) is 41.8 Å². The van der Waals surface area contributed by atoms with E-state index < -0.39 is 0 Å². The lowest BCUT2D eigenvalue weighted by Gasteiger charge is -2.31. The molecular formula is C25H36N2O2S. The van der Waals surface area contributed by atoms with E-state index in [2.05, 4.69) is 59.4 Å². The number of methoxy groups -OCH3 is 1. The van der Waals surface area contributed by atoms with Crippen molar-refractivity contribution >= 4 is 17.2 Å². The molecule has 3 rings (SSSR count). The van der Waals surface area contributed by atoms with Crippen LogP contribution in [0.3, 0.4) is 0 Å². The highest BCUT2D eigenvalue weighted by Crippen LogP contribution is 2.36. The molecule has 2 heterocycles. The number of hydrogen-bond acceptors (Lipinski definition) is 4. The van der Waals surface area contributed by atoms with Gasteiger partial charge in [0.15, 0.2) is 0 Å². The van der Waals surface area contributed by atoms with Crippen molar-refractivity contribution in [2.75, 3.05) is 33.3 Å². The lowest BCUT2D eigenvalue weighted by molar-refractivity contribution is -0.135. The Morgan fingerprint density at radius 3 is 2.63 bits per heavy atom. The van der Waals surface area contributed by atoms with Crippen molar-refractivity contribution in [2.45, 2.75) is 40.2 Å². The Morgan fingerprint density at radius 1 is 1.20 bits per heavy atom. The van der Waals surface area contributed by atoms with Gasteiger partial charge in [0.2, 0.25) is 5.91 Å². The molecule has 30 heavy (non-hydrogen) atoms. The van der Waals surface area contributed by atoms with Crippen LogP contribution in [-0.2, 0) is 11.3 Å². The van der Waals surface area contributed by atoms with Crippen molar-refractivity contribution in [1.29, 1.82) is 0 Å². The molecule has 2 aromatic rings. The number of carbonyl (C=O) groups is 1. The average Bonchev–Trinajstić information content (AvgIpc) is 3.36. The monoisotopic (exact) mass is 428 g/mol. The van der Waals surface area contributed by atoms with Gasteiger partial charge in [0, 0.05) is 49.4 Å². The van der Waals surface area contributed by atoms with Crippen LogP contribution in [-0.4, -0.2) is 49.0 Å². The molecule has 1 aliphatic rings. The normalized spacial score (nSPS) is 19.6. The van der Waals surface area contributed by atoms with Crippen LogP contribution >= 0.6 is 11.3 Å². The third-order valence-corrected chi connectivity index (χ3v) is 6.71. The van der Waals surface area contributed by atoms with Gasteiger partial charge in [-0.3, -0.25) is 9.69 Å². The minimum Gasteiger partial charge on any atom is -0.497 e. The molecule has 5 heteroatoms. The number of ether oxygens (including phenoxy) is 1. The molecule has 4 nitrogen and oxygen atoms in total. The summed E-state index contributed by atoms with van der Waals surface area (Å²) in [6.07, 6.45) is 0. The summed E-state index contributed by atoms with van der Waals surface area (Å²) in [5.74, 6) is 2.48. The summed E-state index contributed by atoms with van der Waals surface area (Å²) in [5, 5.41) is 2.15. The van der Waals surface area contributed by atoms with Crippen LogP contribution in [0.2, 0.25) is 0 Å². The Bertz CT molecular complexity index is 803. The number of likely N-dealkylation sites (tertiary alicyclic amines) is 1. The molecule has 0 bridgehead atoms. The molecule has 0 aliphatic carbocycles. The topological polar surface area (TPSA) is 32.8 Å². The Labute approximate surface area is 185 Å². The second kappa shape index (κ2) is 10.5. The van der Waals surface area contributed by atoms with Crippen molar-refractivity contribution in [3.63, 3.8) is 0 Å². The number of benzene rings is 1. The van der Waals surface area contributed by atoms with Gasteiger partial charge in [0.25, 0.3) is 0 Å². The molecule has 0 N–H and O–H groups in total. The zero-order chi connectivity index (χ0) is 21.7. The molecule has 0 radical (unpaired) electrons. The summed E-state index contributed by atoms with van der Waals surface area (Å²) in [4.78, 5) is 19.0. The number of thiophene rings is 1. The molecule has 164 valence electrons. The minimum absolute atomic E-state index is 0.0302. The van der Waals surface area contributed by atoms with Crippen molar-refractivity contribution in [3.8, 4) is 5.75 Å². The third-order valence-electron chi connectivity index (χ3n) is 5.84. The lowest BCUT2D eigenvalue weighted by atomic mass is 9.88. The van der Waals surface area contributed by atoms with E-state index in [1.165, 1.54) is 10.4 Å². The van der Waals surface area contributed by atoms with Gasteiger partial charge in [0.05, 0.1) is 7.11 Å². The molecule has 0 unspecified atom stereocenters. The SMILES string of the molecule is COc1cccc([C@H]2CN(Cc3cccs3)C[C@H]2CN(CC(C)C)C(=O)C(C)C)c1.